The molecule has 2 aliphatic heterocycles. The average Bonchev–Trinajstić information content (AvgIpc) is 3.01. The molecule has 1 aromatic carbocycles. The molecule has 0 aromatic heterocycles. The van der Waals surface area contributed by atoms with E-state index in [0.29, 0.717) is 77.2 Å². The van der Waals surface area contributed by atoms with Gasteiger partial charge in [-0.2, -0.15) is 0 Å². The molecular formula is C32H50N8O7. The Hall–Kier alpha value is -4.27. The van der Waals surface area contributed by atoms with Crippen LogP contribution in [0.2, 0.25) is 0 Å². The summed E-state index contributed by atoms with van der Waals surface area (Å²) >= 11 is 0. The number of carbonyl (C=O) groups excluding carboxylic acids is 4. The molecule has 0 bridgehead atoms. The van der Waals surface area contributed by atoms with Gasteiger partial charge in [0.1, 0.15) is 23.9 Å². The highest BCUT2D eigenvalue weighted by molar-refractivity contribution is 5.86. The Labute approximate surface area is 276 Å². The first-order valence-electron chi connectivity index (χ1n) is 16.5. The van der Waals surface area contributed by atoms with Crippen molar-refractivity contribution in [3.8, 4) is 0 Å². The van der Waals surface area contributed by atoms with E-state index >= 15 is 0 Å². The molecule has 0 spiro atoms. The zero-order chi connectivity index (χ0) is 34.0. The van der Waals surface area contributed by atoms with E-state index in [1.165, 1.54) is 4.90 Å². The average molecular weight is 659 g/mol. The van der Waals surface area contributed by atoms with Crippen molar-refractivity contribution in [3.05, 3.63) is 29.8 Å². The molecule has 2 heterocycles. The van der Waals surface area contributed by atoms with Crippen LogP contribution in [0.25, 0.3) is 0 Å². The predicted octanol–water partition coefficient (Wildman–Crippen LogP) is 2.40. The van der Waals surface area contributed by atoms with Crippen molar-refractivity contribution >= 4 is 35.8 Å². The number of amides is 4. The summed E-state index contributed by atoms with van der Waals surface area (Å²) in [6, 6.07) is 6.46. The highest BCUT2D eigenvalue weighted by atomic mass is 16.6. The molecule has 4 amide bonds. The third-order valence-electron chi connectivity index (χ3n) is 8.27. The molecule has 15 heteroatoms. The van der Waals surface area contributed by atoms with Crippen LogP contribution in [0.4, 0.5) is 20.1 Å². The number of aliphatic imine (C=N–C) groups is 1. The smallest absolute Gasteiger partial charge is 0.410 e. The summed E-state index contributed by atoms with van der Waals surface area (Å²) in [5.41, 5.74) is 11.7. The van der Waals surface area contributed by atoms with Gasteiger partial charge < -0.3 is 46.1 Å². The lowest BCUT2D eigenvalue weighted by atomic mass is 9.96. The zero-order valence-corrected chi connectivity index (χ0v) is 27.7. The van der Waals surface area contributed by atoms with Gasteiger partial charge in [0.05, 0.1) is 5.69 Å². The Bertz CT molecular complexity index is 1250. The Balaban J connectivity index is 1.18. The summed E-state index contributed by atoms with van der Waals surface area (Å²) in [7, 11) is 0. The Morgan fingerprint density at radius 1 is 0.851 bits per heavy atom. The van der Waals surface area contributed by atoms with Gasteiger partial charge in [-0.15, -0.1) is 0 Å². The summed E-state index contributed by atoms with van der Waals surface area (Å²) in [4.78, 5) is 60.3. The second-order valence-electron chi connectivity index (χ2n) is 13.2. The van der Waals surface area contributed by atoms with Crippen LogP contribution in [-0.2, 0) is 25.5 Å². The van der Waals surface area contributed by atoms with Crippen LogP contribution in [-0.4, -0.2) is 115 Å². The third kappa shape index (κ3) is 11.2. The fraction of sp³-hybridized carbons (Fsp3) is 0.656. The number of benzene rings is 1. The molecule has 1 saturated carbocycles. The van der Waals surface area contributed by atoms with Crippen molar-refractivity contribution in [2.45, 2.75) is 89.7 Å². The SMILES string of the molecule is CC(C)(C)OC(=O)N1CCN(C(=O)OC2CCCC(OC(=O)N3CCNCC3C(=O)NCc3ccc(N=C(N)N)cc3)CCC2)CC1. The second kappa shape index (κ2) is 16.5. The standard InChI is InChI=1S/C32H50N8O7/c1-32(2,3)47-30(43)39-18-16-38(17-19-39)29(42)45-24-6-4-8-25(9-5-7-24)46-31(44)40-15-14-35-21-26(40)27(41)36-20-22-10-12-23(13-11-22)37-28(33)34/h10-13,24-26,35H,4-9,14-21H2,1-3H3,(H,36,41)(H4,33,34,37). The minimum absolute atomic E-state index is 0.0305. The highest BCUT2D eigenvalue weighted by Crippen LogP contribution is 2.24. The van der Waals surface area contributed by atoms with E-state index in [2.05, 4.69) is 15.6 Å². The van der Waals surface area contributed by atoms with Crippen LogP contribution in [0.1, 0.15) is 64.9 Å². The van der Waals surface area contributed by atoms with Gasteiger partial charge in [0.25, 0.3) is 0 Å². The van der Waals surface area contributed by atoms with E-state index in [9.17, 15) is 19.2 Å². The Morgan fingerprint density at radius 2 is 1.40 bits per heavy atom. The first-order valence-corrected chi connectivity index (χ1v) is 16.5. The summed E-state index contributed by atoms with van der Waals surface area (Å²) in [6.07, 6.45) is 2.37. The molecule has 1 atom stereocenters. The topological polar surface area (TPSA) is 194 Å². The van der Waals surface area contributed by atoms with E-state index in [0.717, 1.165) is 18.4 Å². The molecule has 1 aromatic rings. The molecule has 1 aliphatic carbocycles. The van der Waals surface area contributed by atoms with Crippen LogP contribution >= 0.6 is 0 Å². The van der Waals surface area contributed by atoms with Gasteiger partial charge in [0, 0.05) is 52.4 Å². The molecule has 6 N–H and O–H groups in total. The summed E-state index contributed by atoms with van der Waals surface area (Å²) < 4.78 is 17.2. The molecule has 4 rings (SSSR count). The van der Waals surface area contributed by atoms with Crippen molar-refractivity contribution in [2.75, 3.05) is 45.8 Å². The lowest BCUT2D eigenvalue weighted by Gasteiger charge is -2.36. The molecule has 1 unspecified atom stereocenters. The number of hydrogen-bond donors (Lipinski definition) is 4. The lowest BCUT2D eigenvalue weighted by Crippen LogP contribution is -2.59. The molecular weight excluding hydrogens is 608 g/mol. The monoisotopic (exact) mass is 658 g/mol. The molecule has 0 radical (unpaired) electrons. The van der Waals surface area contributed by atoms with Crippen molar-refractivity contribution in [3.63, 3.8) is 0 Å². The molecule has 3 aliphatic rings. The number of nitrogens with one attached hydrogen (secondary N) is 2. The van der Waals surface area contributed by atoms with Crippen molar-refractivity contribution in [2.24, 2.45) is 16.5 Å². The first-order chi connectivity index (χ1) is 22.4. The minimum atomic E-state index is -0.694. The highest BCUT2D eigenvalue weighted by Gasteiger charge is 2.35. The number of hydrogen-bond acceptors (Lipinski definition) is 9. The van der Waals surface area contributed by atoms with E-state index in [1.54, 1.807) is 21.9 Å². The summed E-state index contributed by atoms with van der Waals surface area (Å²) in [5.74, 6) is -0.298. The third-order valence-corrected chi connectivity index (χ3v) is 8.27. The van der Waals surface area contributed by atoms with Gasteiger partial charge >= 0.3 is 18.3 Å². The molecule has 3 fully saturated rings. The number of ether oxygens (including phenoxy) is 3. The van der Waals surface area contributed by atoms with Gasteiger partial charge in [-0.3, -0.25) is 9.69 Å². The minimum Gasteiger partial charge on any atom is -0.446 e. The van der Waals surface area contributed by atoms with E-state index < -0.39 is 17.7 Å². The Kier molecular flexibility index (Phi) is 12.5. The van der Waals surface area contributed by atoms with E-state index in [1.807, 2.05) is 32.9 Å². The molecule has 15 nitrogen and oxygen atoms in total. The maximum absolute atomic E-state index is 13.3. The Morgan fingerprint density at radius 3 is 1.96 bits per heavy atom. The van der Waals surface area contributed by atoms with Gasteiger partial charge in [-0.05, 0) is 77.0 Å². The quantitative estimate of drug-likeness (QED) is 0.200. The summed E-state index contributed by atoms with van der Waals surface area (Å²) in [5, 5.41) is 6.10. The van der Waals surface area contributed by atoms with Crippen LogP contribution in [0.15, 0.2) is 29.3 Å². The van der Waals surface area contributed by atoms with Crippen molar-refractivity contribution in [1.29, 1.82) is 0 Å². The van der Waals surface area contributed by atoms with Crippen molar-refractivity contribution < 1.29 is 33.4 Å². The van der Waals surface area contributed by atoms with E-state index in [4.69, 9.17) is 25.7 Å². The van der Waals surface area contributed by atoms with E-state index in [-0.39, 0.29) is 42.8 Å². The molecule has 260 valence electrons. The number of nitrogens with two attached hydrogens (primary N) is 2. The number of nitrogens with zero attached hydrogens (tertiary/aromatic N) is 4. The number of guanidine groups is 1. The number of carbonyl (C=O) groups is 4. The first kappa shape index (κ1) is 35.6. The largest absolute Gasteiger partial charge is 0.446 e. The van der Waals surface area contributed by atoms with Gasteiger partial charge in [0.2, 0.25) is 5.91 Å². The molecule has 47 heavy (non-hydrogen) atoms. The fourth-order valence-corrected chi connectivity index (χ4v) is 5.80. The second-order valence-corrected chi connectivity index (χ2v) is 13.2. The normalized spacial score (nSPS) is 22.3. The van der Waals surface area contributed by atoms with Gasteiger partial charge in [-0.25, -0.2) is 19.4 Å². The van der Waals surface area contributed by atoms with Gasteiger partial charge in [0.15, 0.2) is 5.96 Å². The number of piperazine rings is 2. The lowest BCUT2D eigenvalue weighted by molar-refractivity contribution is -0.127. The van der Waals surface area contributed by atoms with Crippen LogP contribution in [0.5, 0.6) is 0 Å². The number of rotatable bonds is 6. The maximum atomic E-state index is 13.3. The predicted molar refractivity (Wildman–Crippen MR) is 175 cm³/mol. The molecule has 2 saturated heterocycles. The fourth-order valence-electron chi connectivity index (χ4n) is 5.80. The summed E-state index contributed by atoms with van der Waals surface area (Å²) in [6.45, 7) is 8.60. The van der Waals surface area contributed by atoms with Crippen LogP contribution in [0.3, 0.4) is 0 Å². The van der Waals surface area contributed by atoms with Crippen molar-refractivity contribution in [1.82, 2.24) is 25.3 Å². The zero-order valence-electron chi connectivity index (χ0n) is 27.7. The van der Waals surface area contributed by atoms with Gasteiger partial charge in [-0.1, -0.05) is 12.1 Å². The van der Waals surface area contributed by atoms with Crippen LogP contribution in [0, 0.1) is 0 Å². The maximum Gasteiger partial charge on any atom is 0.410 e. The van der Waals surface area contributed by atoms with Crippen LogP contribution < -0.4 is 22.1 Å².